The van der Waals surface area contributed by atoms with Gasteiger partial charge < -0.3 is 5.32 Å². The molecule has 0 radical (unpaired) electrons. The van der Waals surface area contributed by atoms with E-state index in [9.17, 15) is 9.59 Å². The normalized spacial score (nSPS) is 10.9. The molecule has 2 amide bonds. The molecule has 9 nitrogen and oxygen atoms in total. The number of benzene rings is 2. The average Bonchev–Trinajstić information content (AvgIpc) is 3.45. The molecular formula is C25H27N7O2S2. The van der Waals surface area contributed by atoms with Crippen LogP contribution in [0.25, 0.3) is 5.69 Å². The lowest BCUT2D eigenvalue weighted by Crippen LogP contribution is -2.25. The van der Waals surface area contributed by atoms with Crippen molar-refractivity contribution in [2.45, 2.75) is 46.3 Å². The molecule has 2 aromatic heterocycles. The molecule has 2 N–H and O–H groups in total. The molecule has 0 unspecified atom stereocenters. The van der Waals surface area contributed by atoms with Gasteiger partial charge in [0, 0.05) is 5.56 Å². The standard InChI is InChI=1S/C25H27N7O2S2/c1-14-9-10-19(11-16(14)3)23(34)26-12-21-29-31-25(32(21)20-8-6-7-15(2)17(20)4)35-13-22(33)27-24-30-28-18(5)36-24/h6-11H,12-13H2,1-5H3,(H,26,34)(H,27,30,33). The van der Waals surface area contributed by atoms with Crippen molar-refractivity contribution in [2.24, 2.45) is 0 Å². The third-order valence-electron chi connectivity index (χ3n) is 5.80. The van der Waals surface area contributed by atoms with E-state index < -0.39 is 0 Å². The van der Waals surface area contributed by atoms with E-state index in [1.165, 1.54) is 23.1 Å². The minimum Gasteiger partial charge on any atom is -0.345 e. The summed E-state index contributed by atoms with van der Waals surface area (Å²) in [5.74, 6) is 0.297. The van der Waals surface area contributed by atoms with Crippen molar-refractivity contribution in [3.8, 4) is 5.69 Å². The fraction of sp³-hybridized carbons (Fsp3) is 0.280. The number of nitrogens with one attached hydrogen (secondary N) is 2. The number of nitrogens with zero attached hydrogens (tertiary/aromatic N) is 5. The van der Waals surface area contributed by atoms with Gasteiger partial charge in [0.05, 0.1) is 18.0 Å². The molecule has 4 rings (SSSR count). The van der Waals surface area contributed by atoms with E-state index in [2.05, 4.69) is 31.0 Å². The zero-order valence-corrected chi connectivity index (χ0v) is 22.4. The van der Waals surface area contributed by atoms with Crippen LogP contribution >= 0.6 is 23.1 Å². The van der Waals surface area contributed by atoms with Gasteiger partial charge in [0.15, 0.2) is 11.0 Å². The monoisotopic (exact) mass is 521 g/mol. The molecule has 0 saturated carbocycles. The van der Waals surface area contributed by atoms with Crippen LogP contribution in [0.5, 0.6) is 0 Å². The largest absolute Gasteiger partial charge is 0.345 e. The summed E-state index contributed by atoms with van der Waals surface area (Å²) in [6.07, 6.45) is 0. The van der Waals surface area contributed by atoms with Crippen LogP contribution < -0.4 is 10.6 Å². The predicted molar refractivity (Wildman–Crippen MR) is 142 cm³/mol. The SMILES string of the molecule is Cc1nnc(NC(=O)CSc2nnc(CNC(=O)c3ccc(C)c(C)c3)n2-c2cccc(C)c2C)s1. The maximum absolute atomic E-state index is 12.8. The molecule has 0 atom stereocenters. The van der Waals surface area contributed by atoms with Gasteiger partial charge in [-0.05, 0) is 75.1 Å². The third-order valence-corrected chi connectivity index (χ3v) is 7.48. The molecule has 0 fully saturated rings. The first-order chi connectivity index (χ1) is 17.2. The van der Waals surface area contributed by atoms with Crippen molar-refractivity contribution in [3.05, 3.63) is 75.0 Å². The fourth-order valence-electron chi connectivity index (χ4n) is 3.50. The number of anilines is 1. The molecular weight excluding hydrogens is 494 g/mol. The van der Waals surface area contributed by atoms with Crippen molar-refractivity contribution >= 4 is 40.0 Å². The van der Waals surface area contributed by atoms with Gasteiger partial charge in [-0.15, -0.1) is 20.4 Å². The number of hydrogen-bond donors (Lipinski definition) is 2. The van der Waals surface area contributed by atoms with E-state index in [4.69, 9.17) is 0 Å². The Kier molecular flexibility index (Phi) is 7.80. The highest BCUT2D eigenvalue weighted by molar-refractivity contribution is 7.99. The molecule has 0 aliphatic carbocycles. The van der Waals surface area contributed by atoms with Crippen molar-refractivity contribution < 1.29 is 9.59 Å². The lowest BCUT2D eigenvalue weighted by molar-refractivity contribution is -0.113. The Bertz CT molecular complexity index is 1430. The number of hydrogen-bond acceptors (Lipinski definition) is 8. The van der Waals surface area contributed by atoms with Gasteiger partial charge in [0.2, 0.25) is 11.0 Å². The molecule has 0 aliphatic heterocycles. The summed E-state index contributed by atoms with van der Waals surface area (Å²) < 4.78 is 1.90. The van der Waals surface area contributed by atoms with Crippen LogP contribution in [0, 0.1) is 34.6 Å². The number of thioether (sulfide) groups is 1. The first kappa shape index (κ1) is 25.5. The van der Waals surface area contributed by atoms with E-state index >= 15 is 0 Å². The molecule has 36 heavy (non-hydrogen) atoms. The predicted octanol–water partition coefficient (Wildman–Crippen LogP) is 4.32. The van der Waals surface area contributed by atoms with Crippen LogP contribution in [0.1, 0.15) is 43.4 Å². The summed E-state index contributed by atoms with van der Waals surface area (Å²) in [4.78, 5) is 25.3. The molecule has 0 bridgehead atoms. The van der Waals surface area contributed by atoms with Crippen LogP contribution in [0.4, 0.5) is 5.13 Å². The highest BCUT2D eigenvalue weighted by Gasteiger charge is 2.19. The third kappa shape index (κ3) is 5.80. The summed E-state index contributed by atoms with van der Waals surface area (Å²) in [5.41, 5.74) is 5.86. The summed E-state index contributed by atoms with van der Waals surface area (Å²) in [5, 5.41) is 24.0. The lowest BCUT2D eigenvalue weighted by atomic mass is 10.1. The van der Waals surface area contributed by atoms with E-state index in [0.717, 1.165) is 32.9 Å². The minimum absolute atomic E-state index is 0.122. The Morgan fingerprint density at radius 3 is 2.47 bits per heavy atom. The maximum atomic E-state index is 12.8. The Morgan fingerprint density at radius 2 is 1.75 bits per heavy atom. The molecule has 0 saturated heterocycles. The second-order valence-electron chi connectivity index (χ2n) is 8.40. The average molecular weight is 522 g/mol. The zero-order valence-electron chi connectivity index (χ0n) is 20.7. The summed E-state index contributed by atoms with van der Waals surface area (Å²) in [6.45, 7) is 10.1. The van der Waals surface area contributed by atoms with Crippen molar-refractivity contribution in [3.63, 3.8) is 0 Å². The van der Waals surface area contributed by atoms with Crippen LogP contribution in [0.15, 0.2) is 41.6 Å². The van der Waals surface area contributed by atoms with E-state index in [0.29, 0.717) is 21.7 Å². The molecule has 0 spiro atoms. The highest BCUT2D eigenvalue weighted by Crippen LogP contribution is 2.26. The smallest absolute Gasteiger partial charge is 0.251 e. The van der Waals surface area contributed by atoms with Gasteiger partial charge >= 0.3 is 0 Å². The van der Waals surface area contributed by atoms with Gasteiger partial charge in [-0.1, -0.05) is 41.3 Å². The van der Waals surface area contributed by atoms with Gasteiger partial charge in [-0.3, -0.25) is 19.5 Å². The molecule has 186 valence electrons. The number of amides is 2. The topological polar surface area (TPSA) is 115 Å². The number of rotatable bonds is 8. The van der Waals surface area contributed by atoms with Crippen molar-refractivity contribution in [2.75, 3.05) is 11.1 Å². The van der Waals surface area contributed by atoms with Gasteiger partial charge in [0.1, 0.15) is 5.01 Å². The number of aryl methyl sites for hydroxylation is 4. The van der Waals surface area contributed by atoms with Gasteiger partial charge in [-0.2, -0.15) is 0 Å². The van der Waals surface area contributed by atoms with Crippen molar-refractivity contribution in [1.82, 2.24) is 30.3 Å². The Balaban J connectivity index is 1.55. The van der Waals surface area contributed by atoms with E-state index in [1.54, 1.807) is 0 Å². The fourth-order valence-corrected chi connectivity index (χ4v) is 4.88. The first-order valence-corrected chi connectivity index (χ1v) is 13.1. The summed E-state index contributed by atoms with van der Waals surface area (Å²) >= 11 is 2.58. The van der Waals surface area contributed by atoms with Crippen LogP contribution in [0.3, 0.4) is 0 Å². The Hall–Kier alpha value is -3.57. The maximum Gasteiger partial charge on any atom is 0.251 e. The Morgan fingerprint density at radius 1 is 0.944 bits per heavy atom. The summed E-state index contributed by atoms with van der Waals surface area (Å²) in [7, 11) is 0. The van der Waals surface area contributed by atoms with Crippen LogP contribution in [0.2, 0.25) is 0 Å². The summed E-state index contributed by atoms with van der Waals surface area (Å²) in [6, 6.07) is 11.6. The van der Waals surface area contributed by atoms with E-state index in [-0.39, 0.29) is 24.1 Å². The number of aromatic nitrogens is 5. The molecule has 2 aromatic carbocycles. The van der Waals surface area contributed by atoms with Crippen LogP contribution in [-0.4, -0.2) is 42.5 Å². The Labute approximate surface area is 217 Å². The second-order valence-corrected chi connectivity index (χ2v) is 10.5. The minimum atomic E-state index is -0.212. The second kappa shape index (κ2) is 11.0. The van der Waals surface area contributed by atoms with Crippen molar-refractivity contribution in [1.29, 1.82) is 0 Å². The first-order valence-electron chi connectivity index (χ1n) is 11.3. The van der Waals surface area contributed by atoms with Gasteiger partial charge in [-0.25, -0.2) is 0 Å². The van der Waals surface area contributed by atoms with Crippen LogP contribution in [-0.2, 0) is 11.3 Å². The zero-order chi connectivity index (χ0) is 25.8. The van der Waals surface area contributed by atoms with E-state index in [1.807, 2.05) is 75.6 Å². The molecule has 2 heterocycles. The molecule has 11 heteroatoms. The van der Waals surface area contributed by atoms with Gasteiger partial charge in [0.25, 0.3) is 5.91 Å². The molecule has 0 aliphatic rings. The number of carbonyl (C=O) groups is 2. The highest BCUT2D eigenvalue weighted by atomic mass is 32.2. The molecule has 4 aromatic rings. The quantitative estimate of drug-likeness (QED) is 0.332. The number of carbonyl (C=O) groups excluding carboxylic acids is 2. The lowest BCUT2D eigenvalue weighted by Gasteiger charge is -2.15.